The molecule has 2 aromatic rings. The van der Waals surface area contributed by atoms with Crippen LogP contribution >= 0.6 is 11.6 Å². The van der Waals surface area contributed by atoms with E-state index in [0.29, 0.717) is 37.2 Å². The van der Waals surface area contributed by atoms with Crippen LogP contribution in [-0.2, 0) is 4.74 Å². The fraction of sp³-hybridized carbons (Fsp3) is 0.429. The van der Waals surface area contributed by atoms with E-state index < -0.39 is 11.7 Å². The highest BCUT2D eigenvalue weighted by Gasteiger charge is 2.31. The molecule has 1 aromatic carbocycles. The number of H-pyrrole nitrogens is 1. The molecular weight excluding hydrogens is 422 g/mol. The Kier molecular flexibility index (Phi) is 6.41. The molecule has 10 heteroatoms. The number of benzene rings is 1. The second-order valence-corrected chi connectivity index (χ2v) is 8.23. The maximum atomic E-state index is 12.3. The highest BCUT2D eigenvalue weighted by molar-refractivity contribution is 6.33. The first-order valence-corrected chi connectivity index (χ1v) is 10.7. The molecule has 3 N–H and O–H groups in total. The van der Waals surface area contributed by atoms with Crippen molar-refractivity contribution in [2.24, 2.45) is 0 Å². The second-order valence-electron chi connectivity index (χ2n) is 7.85. The first-order valence-electron chi connectivity index (χ1n) is 10.3. The summed E-state index contributed by atoms with van der Waals surface area (Å²) in [6.45, 7) is 1.05. The van der Waals surface area contributed by atoms with E-state index in [1.165, 1.54) is 6.20 Å². The number of anilines is 1. The number of nitrogens with one attached hydrogen (secondary N) is 3. The lowest BCUT2D eigenvalue weighted by Gasteiger charge is -2.19. The van der Waals surface area contributed by atoms with Gasteiger partial charge in [-0.25, -0.2) is 9.89 Å². The van der Waals surface area contributed by atoms with Gasteiger partial charge in [0.15, 0.2) is 0 Å². The average Bonchev–Trinajstić information content (AvgIpc) is 3.40. The molecule has 1 saturated heterocycles. The molecule has 2 fully saturated rings. The molecule has 1 aliphatic heterocycles. The zero-order chi connectivity index (χ0) is 21.8. The van der Waals surface area contributed by atoms with Crippen LogP contribution in [0.2, 0.25) is 5.02 Å². The van der Waals surface area contributed by atoms with Crippen LogP contribution in [0.15, 0.2) is 41.3 Å². The van der Waals surface area contributed by atoms with Crippen LogP contribution in [0, 0.1) is 0 Å². The standard InChI is InChI=1S/C21H24ClN5O4/c22-18-17(11-23-26-20(18)29)27-9-8-16(12-27)31-21(30)25-15-7-6-14(10-15)24-19(28)13-4-2-1-3-5-13/h1-5,11,14-16H,6-10,12H2,(H,24,28)(H,25,30)(H,26,29)/t14-,15-,16+/m0/s1. The third-order valence-electron chi connectivity index (χ3n) is 5.66. The third-order valence-corrected chi connectivity index (χ3v) is 6.03. The minimum Gasteiger partial charge on any atom is -0.444 e. The number of hydrogen-bond donors (Lipinski definition) is 3. The predicted molar refractivity (Wildman–Crippen MR) is 115 cm³/mol. The topological polar surface area (TPSA) is 116 Å². The molecule has 9 nitrogen and oxygen atoms in total. The Morgan fingerprint density at radius 3 is 2.65 bits per heavy atom. The molecular formula is C21H24ClN5O4. The Morgan fingerprint density at radius 1 is 1.13 bits per heavy atom. The molecule has 0 unspecified atom stereocenters. The van der Waals surface area contributed by atoms with E-state index >= 15 is 0 Å². The van der Waals surface area contributed by atoms with Gasteiger partial charge in [-0.1, -0.05) is 29.8 Å². The largest absolute Gasteiger partial charge is 0.444 e. The van der Waals surface area contributed by atoms with Crippen LogP contribution in [0.3, 0.4) is 0 Å². The summed E-state index contributed by atoms with van der Waals surface area (Å²) in [5, 5.41) is 12.1. The highest BCUT2D eigenvalue weighted by atomic mass is 35.5. The minimum atomic E-state index is -0.470. The number of ether oxygens (including phenoxy) is 1. The van der Waals surface area contributed by atoms with Gasteiger partial charge in [0, 0.05) is 30.6 Å². The molecule has 164 valence electrons. The van der Waals surface area contributed by atoms with E-state index in [1.807, 2.05) is 23.1 Å². The lowest BCUT2D eigenvalue weighted by molar-refractivity contribution is 0.0937. The molecule has 0 radical (unpaired) electrons. The van der Waals surface area contributed by atoms with Gasteiger partial charge in [-0.15, -0.1) is 0 Å². The molecule has 2 amide bonds. The van der Waals surface area contributed by atoms with Gasteiger partial charge in [0.05, 0.1) is 18.4 Å². The zero-order valence-corrected chi connectivity index (χ0v) is 17.6. The quantitative estimate of drug-likeness (QED) is 0.648. The summed E-state index contributed by atoms with van der Waals surface area (Å²) in [6.07, 6.45) is 3.60. The third kappa shape index (κ3) is 5.16. The van der Waals surface area contributed by atoms with Crippen LogP contribution < -0.4 is 21.1 Å². The number of aromatic amines is 1. The number of amides is 2. The Bertz CT molecular complexity index is 999. The van der Waals surface area contributed by atoms with E-state index in [-0.39, 0.29) is 29.1 Å². The summed E-state index contributed by atoms with van der Waals surface area (Å²) in [5.41, 5.74) is 0.709. The van der Waals surface area contributed by atoms with Crippen molar-refractivity contribution in [2.75, 3.05) is 18.0 Å². The Balaban J connectivity index is 1.22. The van der Waals surface area contributed by atoms with E-state index in [4.69, 9.17) is 16.3 Å². The molecule has 2 heterocycles. The number of alkyl carbamates (subject to hydrolysis) is 1. The van der Waals surface area contributed by atoms with Gasteiger partial charge in [0.25, 0.3) is 11.5 Å². The average molecular weight is 446 g/mol. The van der Waals surface area contributed by atoms with Crippen molar-refractivity contribution in [3.63, 3.8) is 0 Å². The first kappa shape index (κ1) is 21.2. The van der Waals surface area contributed by atoms with E-state index in [9.17, 15) is 14.4 Å². The van der Waals surface area contributed by atoms with Crippen LogP contribution in [0.4, 0.5) is 10.5 Å². The monoisotopic (exact) mass is 445 g/mol. The molecule has 1 saturated carbocycles. The highest BCUT2D eigenvalue weighted by Crippen LogP contribution is 2.26. The first-order chi connectivity index (χ1) is 15.0. The fourth-order valence-corrected chi connectivity index (χ4v) is 4.30. The summed E-state index contributed by atoms with van der Waals surface area (Å²) >= 11 is 6.05. The normalized spacial score (nSPS) is 22.9. The van der Waals surface area contributed by atoms with Crippen molar-refractivity contribution in [2.45, 2.75) is 43.9 Å². The van der Waals surface area contributed by atoms with E-state index in [0.717, 1.165) is 12.8 Å². The number of aromatic nitrogens is 2. The fourth-order valence-electron chi connectivity index (χ4n) is 4.09. The van der Waals surface area contributed by atoms with E-state index in [2.05, 4.69) is 20.8 Å². The van der Waals surface area contributed by atoms with Crippen molar-refractivity contribution in [3.8, 4) is 0 Å². The Labute approximate surface area is 184 Å². The van der Waals surface area contributed by atoms with Crippen molar-refractivity contribution >= 4 is 29.3 Å². The van der Waals surface area contributed by atoms with Gasteiger partial charge in [0.1, 0.15) is 11.1 Å². The van der Waals surface area contributed by atoms with Crippen molar-refractivity contribution in [1.82, 2.24) is 20.8 Å². The van der Waals surface area contributed by atoms with Gasteiger partial charge >= 0.3 is 6.09 Å². The summed E-state index contributed by atoms with van der Waals surface area (Å²) in [7, 11) is 0. The number of carbonyl (C=O) groups is 2. The Hall–Kier alpha value is -3.07. The number of nitrogens with zero attached hydrogens (tertiary/aromatic N) is 2. The smallest absolute Gasteiger partial charge is 0.407 e. The molecule has 4 rings (SSSR count). The molecule has 3 atom stereocenters. The maximum Gasteiger partial charge on any atom is 0.407 e. The maximum absolute atomic E-state index is 12.3. The lowest BCUT2D eigenvalue weighted by atomic mass is 10.2. The number of hydrogen-bond acceptors (Lipinski definition) is 6. The zero-order valence-electron chi connectivity index (χ0n) is 16.8. The van der Waals surface area contributed by atoms with Gasteiger partial charge in [-0.3, -0.25) is 9.59 Å². The van der Waals surface area contributed by atoms with Crippen LogP contribution in [0.1, 0.15) is 36.0 Å². The number of rotatable bonds is 5. The van der Waals surface area contributed by atoms with Gasteiger partial charge < -0.3 is 20.3 Å². The second kappa shape index (κ2) is 9.38. The number of halogens is 1. The summed E-state index contributed by atoms with van der Waals surface area (Å²) in [4.78, 5) is 38.1. The molecule has 1 aliphatic carbocycles. The number of carbonyl (C=O) groups excluding carboxylic acids is 2. The van der Waals surface area contributed by atoms with Crippen molar-refractivity contribution in [1.29, 1.82) is 0 Å². The molecule has 0 spiro atoms. The molecule has 1 aromatic heterocycles. The molecule has 0 bridgehead atoms. The van der Waals surface area contributed by atoms with E-state index in [1.54, 1.807) is 12.1 Å². The van der Waals surface area contributed by atoms with Crippen molar-refractivity contribution in [3.05, 3.63) is 57.5 Å². The Morgan fingerprint density at radius 2 is 1.87 bits per heavy atom. The molecule has 2 aliphatic rings. The van der Waals surface area contributed by atoms with Crippen LogP contribution in [0.25, 0.3) is 0 Å². The minimum absolute atomic E-state index is 0.0193. The summed E-state index contributed by atoms with van der Waals surface area (Å²) in [6, 6.07) is 9.05. The predicted octanol–water partition coefficient (Wildman–Crippen LogP) is 2.08. The lowest BCUT2D eigenvalue weighted by Crippen LogP contribution is -2.39. The SMILES string of the molecule is O=C(N[C@H]1CC[C@H](NC(=O)c2ccccc2)C1)O[C@@H]1CCN(c2cn[nH]c(=O)c2Cl)C1. The van der Waals surface area contributed by atoms with Gasteiger partial charge in [-0.05, 0) is 31.4 Å². The van der Waals surface area contributed by atoms with Crippen LogP contribution in [-0.4, -0.2) is 53.5 Å². The van der Waals surface area contributed by atoms with Gasteiger partial charge in [-0.2, -0.15) is 5.10 Å². The molecule has 31 heavy (non-hydrogen) atoms. The summed E-state index contributed by atoms with van der Waals surface area (Å²) in [5.74, 6) is -0.104. The summed E-state index contributed by atoms with van der Waals surface area (Å²) < 4.78 is 5.55. The van der Waals surface area contributed by atoms with Gasteiger partial charge in [0.2, 0.25) is 0 Å². The van der Waals surface area contributed by atoms with Crippen molar-refractivity contribution < 1.29 is 14.3 Å². The van der Waals surface area contributed by atoms with Crippen LogP contribution in [0.5, 0.6) is 0 Å².